The topological polar surface area (TPSA) is 71.9 Å². The smallest absolute Gasteiger partial charge is 0.253 e. The molecule has 0 bridgehead atoms. The average molecular weight is 1240 g/mol. The summed E-state index contributed by atoms with van der Waals surface area (Å²) in [5, 5.41) is 0.729. The lowest BCUT2D eigenvalue weighted by atomic mass is 10.1. The van der Waals surface area contributed by atoms with Crippen LogP contribution in [-0.4, -0.2) is 44.8 Å². The molecule has 0 radical (unpaired) electrons. The van der Waals surface area contributed by atoms with E-state index in [1.165, 1.54) is 92.5 Å². The first-order valence-corrected chi connectivity index (χ1v) is 27.0. The monoisotopic (exact) mass is 1240 g/mol. The van der Waals surface area contributed by atoms with Gasteiger partial charge in [-0.2, -0.15) is 0 Å². The zero-order chi connectivity index (χ0) is 66.5. The van der Waals surface area contributed by atoms with Gasteiger partial charge in [0.05, 0.1) is 5.02 Å². The highest BCUT2D eigenvalue weighted by Crippen LogP contribution is 2.13. The zero-order valence-corrected chi connectivity index (χ0v) is 51.9. The van der Waals surface area contributed by atoms with Crippen LogP contribution in [0.2, 0.25) is 5.02 Å². The maximum Gasteiger partial charge on any atom is 0.253 e. The molecule has 88 heavy (non-hydrogen) atoms. The van der Waals surface area contributed by atoms with Gasteiger partial charge in [-0.05, 0) is 211 Å². The van der Waals surface area contributed by atoms with E-state index in [-0.39, 0.29) is 17.3 Å². The average Bonchev–Trinajstić information content (AvgIpc) is 3.70. The second-order valence-electron chi connectivity index (χ2n) is 19.4. The van der Waals surface area contributed by atoms with Crippen molar-refractivity contribution in [1.29, 1.82) is 0 Å². The summed E-state index contributed by atoms with van der Waals surface area (Å²) in [5.41, 5.74) is 9.20. The van der Waals surface area contributed by atoms with Gasteiger partial charge in [-0.3, -0.25) is 14.8 Å². The normalized spacial score (nSPS) is 9.47. The Labute approximate surface area is 514 Å². The number of rotatable bonds is 1. The summed E-state index contributed by atoms with van der Waals surface area (Å²) in [7, 11) is 3.51. The van der Waals surface area contributed by atoms with E-state index >= 15 is 0 Å². The van der Waals surface area contributed by atoms with Crippen LogP contribution in [0.15, 0.2) is 195 Å². The van der Waals surface area contributed by atoms with Crippen molar-refractivity contribution < 1.29 is 53.1 Å². The number of carbonyl (C=O) groups excluding carboxylic acids is 1. The van der Waals surface area contributed by atoms with Gasteiger partial charge in [-0.15, -0.1) is 0 Å². The van der Waals surface area contributed by atoms with Crippen LogP contribution in [0.25, 0.3) is 0 Å². The van der Waals surface area contributed by atoms with Gasteiger partial charge < -0.3 is 4.90 Å². The fraction of sp³-hybridized carbons (Fsp3) is 0.186. The third-order valence-corrected chi connectivity index (χ3v) is 11.5. The molecule has 0 saturated carbocycles. The Morgan fingerprint density at radius 1 is 0.352 bits per heavy atom. The van der Waals surface area contributed by atoms with Crippen LogP contribution in [0.1, 0.15) is 71.6 Å². The van der Waals surface area contributed by atoms with Crippen LogP contribution in [0.3, 0.4) is 0 Å². The van der Waals surface area contributed by atoms with Gasteiger partial charge in [-0.1, -0.05) is 71.8 Å². The highest BCUT2D eigenvalue weighted by Gasteiger charge is 2.07. The SMILES string of the molecule is Cc1c(F)cccc1F.Cc1cc(F)cc(F)c1.Cc1ccc(C)c(F)c1.Cc1ccc(F)c(F)c1.Cc1ccc(F)cc1F.Cc1cccc(C(=O)N(C)C)c1.Cc1cccc(F)c1F.Cc1ccncc1.Cc1ccncc1Cl.Cc1cncnc1. The molecule has 0 saturated heterocycles. The molecule has 0 spiro atoms. The molecule has 3 heterocycles. The van der Waals surface area contributed by atoms with Crippen molar-refractivity contribution in [3.8, 4) is 0 Å². The minimum atomic E-state index is -0.791. The number of carbonyl (C=O) groups is 1. The van der Waals surface area contributed by atoms with Gasteiger partial charge in [-0.25, -0.2) is 58.3 Å². The Kier molecular flexibility index (Phi) is 36.6. The third-order valence-electron chi connectivity index (χ3n) is 11.1. The first-order valence-electron chi connectivity index (χ1n) is 26.6. The summed E-state index contributed by atoms with van der Waals surface area (Å²) in [5.74, 6) is -6.21. The maximum absolute atomic E-state index is 12.6. The summed E-state index contributed by atoms with van der Waals surface area (Å²) in [6, 6.07) is 37.3. The van der Waals surface area contributed by atoms with Gasteiger partial charge in [0.1, 0.15) is 47.0 Å². The van der Waals surface area contributed by atoms with E-state index in [1.807, 2.05) is 83.1 Å². The molecule has 0 aliphatic heterocycles. The Balaban J connectivity index is 0.000000490. The summed E-state index contributed by atoms with van der Waals surface area (Å²) in [4.78, 5) is 28.2. The number of pyridine rings is 2. The molecule has 0 aliphatic rings. The van der Waals surface area contributed by atoms with Crippen LogP contribution >= 0.6 is 11.6 Å². The zero-order valence-electron chi connectivity index (χ0n) is 51.2. The van der Waals surface area contributed by atoms with Crippen LogP contribution < -0.4 is 0 Å². The van der Waals surface area contributed by atoms with Crippen molar-refractivity contribution in [1.82, 2.24) is 24.8 Å². The molecule has 1 amide bonds. The lowest BCUT2D eigenvalue weighted by Gasteiger charge is -2.09. The van der Waals surface area contributed by atoms with Crippen LogP contribution in [0, 0.1) is 140 Å². The summed E-state index contributed by atoms with van der Waals surface area (Å²) >= 11 is 5.65. The summed E-state index contributed by atoms with van der Waals surface area (Å²) in [6.45, 7) is 19.4. The molecule has 0 fully saturated rings. The molecule has 7 aromatic carbocycles. The molecule has 0 aliphatic carbocycles. The first-order chi connectivity index (χ1) is 41.4. The molecule has 0 unspecified atom stereocenters. The number of hydrogen-bond donors (Lipinski definition) is 0. The van der Waals surface area contributed by atoms with Crippen molar-refractivity contribution >= 4 is 17.5 Å². The largest absolute Gasteiger partial charge is 0.345 e. The predicted octanol–water partition coefficient (Wildman–Crippen LogP) is 19.7. The van der Waals surface area contributed by atoms with Crippen molar-refractivity contribution in [3.05, 3.63) is 331 Å². The minimum absolute atomic E-state index is 0.0544. The fourth-order valence-corrected chi connectivity index (χ4v) is 6.15. The Bertz CT molecular complexity index is 3340. The van der Waals surface area contributed by atoms with E-state index in [1.54, 1.807) is 89.9 Å². The molecule has 3 aromatic heterocycles. The Morgan fingerprint density at radius 3 is 1.22 bits per heavy atom. The number of aryl methyl sites for hydroxylation is 10. The van der Waals surface area contributed by atoms with Gasteiger partial charge in [0.15, 0.2) is 23.3 Å². The van der Waals surface area contributed by atoms with Crippen molar-refractivity contribution in [2.45, 2.75) is 76.2 Å². The van der Waals surface area contributed by atoms with E-state index in [2.05, 4.69) is 19.9 Å². The van der Waals surface area contributed by atoms with Crippen LogP contribution in [0.4, 0.5) is 48.3 Å². The third kappa shape index (κ3) is 33.6. The number of amides is 1. The quantitative estimate of drug-likeness (QED) is 0.153. The van der Waals surface area contributed by atoms with Gasteiger partial charge in [0.25, 0.3) is 5.91 Å². The maximum atomic E-state index is 12.6. The molecule has 18 heteroatoms. The number of hydrogen-bond acceptors (Lipinski definition) is 5. The van der Waals surface area contributed by atoms with Gasteiger partial charge in [0.2, 0.25) is 0 Å². The van der Waals surface area contributed by atoms with Gasteiger partial charge >= 0.3 is 0 Å². The molecule has 0 atom stereocenters. The highest BCUT2D eigenvalue weighted by molar-refractivity contribution is 6.31. The molecule has 0 N–H and O–H groups in total. The minimum Gasteiger partial charge on any atom is -0.345 e. The van der Waals surface area contributed by atoms with Crippen LogP contribution in [-0.2, 0) is 0 Å². The Hall–Kier alpha value is -9.09. The summed E-state index contributed by atoms with van der Waals surface area (Å²) in [6.07, 6.45) is 12.0. The molecular weight excluding hydrogens is 1170 g/mol. The van der Waals surface area contributed by atoms with Crippen molar-refractivity contribution in [2.75, 3.05) is 14.1 Å². The highest BCUT2D eigenvalue weighted by atomic mass is 35.5. The number of nitrogens with zero attached hydrogens (tertiary/aromatic N) is 5. The predicted molar refractivity (Wildman–Crippen MR) is 330 cm³/mol. The first kappa shape index (κ1) is 76.9. The molecule has 10 aromatic rings. The molecule has 6 nitrogen and oxygen atoms in total. The standard InChI is InChI=1S/C10H13NO.C8H9F.5C7H6F2.C6H6ClN.C6H7N.C5H6N2/c1-8-5-4-6-9(7-8)10(12)11(2)3;1-6-3-4-7(2)8(9)5-6;1-5-2-6(8)4-7(9)3-5;1-5-2-3-6(8)4-7(5)9;1-5-2-3-6(8)7(9)4-5;1-5-6(8)3-2-4-7(5)9;1-5-3-2-4-6(8)7(5)9;1-5-2-3-8-4-6(5)7;1-6-2-4-7-5-3-6;1-5-2-6-4-7-3-5/h4-7H,1-3H3;3-5H,1-2H3;5*2-4H,1H3;2-4H,1H3;2-5H,1H3;2-4H,1H3. The van der Waals surface area contributed by atoms with E-state index in [4.69, 9.17) is 11.6 Å². The van der Waals surface area contributed by atoms with E-state index in [9.17, 15) is 53.1 Å². The lowest BCUT2D eigenvalue weighted by Crippen LogP contribution is -2.21. The van der Waals surface area contributed by atoms with Crippen molar-refractivity contribution in [2.24, 2.45) is 0 Å². The summed E-state index contributed by atoms with van der Waals surface area (Å²) < 4.78 is 135. The van der Waals surface area contributed by atoms with Crippen molar-refractivity contribution in [3.63, 3.8) is 0 Å². The van der Waals surface area contributed by atoms with Crippen LogP contribution in [0.5, 0.6) is 0 Å². The number of benzene rings is 7. The fourth-order valence-electron chi connectivity index (χ4n) is 6.03. The molecule has 10 rings (SSSR count). The van der Waals surface area contributed by atoms with E-state index in [0.29, 0.717) is 22.3 Å². The van der Waals surface area contributed by atoms with Gasteiger partial charge in [0, 0.05) is 74.5 Å². The van der Waals surface area contributed by atoms with E-state index < -0.39 is 58.2 Å². The number of aromatic nitrogens is 4. The number of halogens is 12. The second-order valence-corrected chi connectivity index (χ2v) is 19.8. The second kappa shape index (κ2) is 41.9. The Morgan fingerprint density at radius 2 is 0.841 bits per heavy atom. The van der Waals surface area contributed by atoms with E-state index in [0.717, 1.165) is 68.7 Å². The lowest BCUT2D eigenvalue weighted by molar-refractivity contribution is 0.0827. The molecular formula is C70H71ClF11N5O. The molecule has 466 valence electrons.